The van der Waals surface area contributed by atoms with E-state index >= 15 is 0 Å². The lowest BCUT2D eigenvalue weighted by atomic mass is 10.4. The molecule has 8 heteroatoms. The Morgan fingerprint density at radius 2 is 2.18 bits per heavy atom. The zero-order valence-electron chi connectivity index (χ0n) is 9.24. The molecule has 0 bridgehead atoms. The van der Waals surface area contributed by atoms with Crippen LogP contribution >= 0.6 is 0 Å². The summed E-state index contributed by atoms with van der Waals surface area (Å²) < 4.78 is 5.10. The summed E-state index contributed by atoms with van der Waals surface area (Å²) in [6.07, 6.45) is 2.21. The quantitative estimate of drug-likeness (QED) is 0.386. The SMILES string of the molecule is N/C(=C\C=NCC(=O)N1CCOCC1)[N+](=O)[O-]. The van der Waals surface area contributed by atoms with Crippen LogP contribution in [0, 0.1) is 10.1 Å². The zero-order valence-corrected chi connectivity index (χ0v) is 9.24. The van der Waals surface area contributed by atoms with Crippen molar-refractivity contribution in [3.8, 4) is 0 Å². The van der Waals surface area contributed by atoms with Gasteiger partial charge < -0.3 is 19.8 Å². The predicted molar refractivity (Wildman–Crippen MR) is 60.0 cm³/mol. The molecule has 1 heterocycles. The second-order valence-corrected chi connectivity index (χ2v) is 3.33. The fourth-order valence-electron chi connectivity index (χ4n) is 1.23. The van der Waals surface area contributed by atoms with Crippen LogP contribution in [0.4, 0.5) is 0 Å². The van der Waals surface area contributed by atoms with Crippen LogP contribution in [-0.4, -0.2) is 54.8 Å². The topological polar surface area (TPSA) is 111 Å². The third kappa shape index (κ3) is 4.60. The van der Waals surface area contributed by atoms with Gasteiger partial charge >= 0.3 is 5.82 Å². The second-order valence-electron chi connectivity index (χ2n) is 3.33. The van der Waals surface area contributed by atoms with Gasteiger partial charge in [-0.25, -0.2) is 0 Å². The average molecular weight is 242 g/mol. The van der Waals surface area contributed by atoms with Crippen molar-refractivity contribution < 1.29 is 14.5 Å². The fourth-order valence-corrected chi connectivity index (χ4v) is 1.23. The molecule has 17 heavy (non-hydrogen) atoms. The van der Waals surface area contributed by atoms with Crippen molar-refractivity contribution in [3.63, 3.8) is 0 Å². The molecule has 0 radical (unpaired) electrons. The molecule has 8 nitrogen and oxygen atoms in total. The molecule has 0 unspecified atom stereocenters. The summed E-state index contributed by atoms with van der Waals surface area (Å²) in [6, 6.07) is 0. The molecule has 0 aromatic carbocycles. The zero-order chi connectivity index (χ0) is 12.7. The number of allylic oxidation sites excluding steroid dienone is 1. The maximum absolute atomic E-state index is 11.5. The number of rotatable bonds is 4. The molecule has 2 N–H and O–H groups in total. The normalized spacial score (nSPS) is 17.4. The molecule has 0 aromatic heterocycles. The average Bonchev–Trinajstić information content (AvgIpc) is 2.35. The highest BCUT2D eigenvalue weighted by atomic mass is 16.6. The molecule has 1 aliphatic heterocycles. The van der Waals surface area contributed by atoms with E-state index in [0.29, 0.717) is 26.3 Å². The third-order valence-corrected chi connectivity index (χ3v) is 2.15. The summed E-state index contributed by atoms with van der Waals surface area (Å²) in [6.45, 7) is 2.14. The number of carbonyl (C=O) groups is 1. The lowest BCUT2D eigenvalue weighted by Gasteiger charge is -2.26. The predicted octanol–water partition coefficient (Wildman–Crippen LogP) is -1.01. The summed E-state index contributed by atoms with van der Waals surface area (Å²) in [5.74, 6) is -0.634. The number of nitro groups is 1. The van der Waals surface area contributed by atoms with Crippen LogP contribution in [0.25, 0.3) is 0 Å². The summed E-state index contributed by atoms with van der Waals surface area (Å²) in [4.78, 5) is 26.3. The summed E-state index contributed by atoms with van der Waals surface area (Å²) >= 11 is 0. The minimum atomic E-state index is -0.726. The Balaban J connectivity index is 2.34. The van der Waals surface area contributed by atoms with Gasteiger partial charge in [0.25, 0.3) is 0 Å². The Morgan fingerprint density at radius 1 is 1.53 bits per heavy atom. The van der Waals surface area contributed by atoms with Gasteiger partial charge in [-0.3, -0.25) is 15.5 Å². The molecule has 0 aliphatic carbocycles. The maximum atomic E-state index is 11.5. The van der Waals surface area contributed by atoms with Gasteiger partial charge in [0.15, 0.2) is 0 Å². The van der Waals surface area contributed by atoms with Gasteiger partial charge in [0.2, 0.25) is 5.91 Å². The number of aliphatic imine (C=N–C) groups is 1. The van der Waals surface area contributed by atoms with Crippen LogP contribution < -0.4 is 5.73 Å². The Kier molecular flexibility index (Phi) is 5.08. The van der Waals surface area contributed by atoms with Gasteiger partial charge in [0.1, 0.15) is 6.54 Å². The number of morpholine rings is 1. The highest BCUT2D eigenvalue weighted by Gasteiger charge is 2.15. The van der Waals surface area contributed by atoms with Crippen molar-refractivity contribution in [2.45, 2.75) is 0 Å². The molecular formula is C9H14N4O4. The van der Waals surface area contributed by atoms with E-state index in [0.717, 1.165) is 12.3 Å². The monoisotopic (exact) mass is 242 g/mol. The molecule has 0 aromatic rings. The first kappa shape index (κ1) is 13.1. The summed E-state index contributed by atoms with van der Waals surface area (Å²) in [7, 11) is 0. The first-order valence-electron chi connectivity index (χ1n) is 5.06. The molecule has 1 fully saturated rings. The Hall–Kier alpha value is -1.96. The number of ether oxygens (including phenoxy) is 1. The highest BCUT2D eigenvalue weighted by Crippen LogP contribution is 1.97. The van der Waals surface area contributed by atoms with E-state index in [1.54, 1.807) is 4.90 Å². The van der Waals surface area contributed by atoms with Crippen molar-refractivity contribution in [1.82, 2.24) is 4.90 Å². The minimum Gasteiger partial charge on any atom is -0.378 e. The number of hydrogen-bond donors (Lipinski definition) is 1. The summed E-state index contributed by atoms with van der Waals surface area (Å²) in [5, 5.41) is 10.1. The largest absolute Gasteiger partial charge is 0.378 e. The standard InChI is InChI=1S/C9H14N4O4/c10-8(13(15)16)1-2-11-7-9(14)12-3-5-17-6-4-12/h1-2H,3-7,10H2/b8-1+,11-2?. The fraction of sp³-hybridized carbons (Fsp3) is 0.556. The van der Waals surface area contributed by atoms with Crippen molar-refractivity contribution in [2.24, 2.45) is 10.7 Å². The van der Waals surface area contributed by atoms with Gasteiger partial charge in [0.05, 0.1) is 13.2 Å². The Morgan fingerprint density at radius 3 is 2.76 bits per heavy atom. The Bertz CT molecular complexity index is 347. The van der Waals surface area contributed by atoms with E-state index in [9.17, 15) is 14.9 Å². The van der Waals surface area contributed by atoms with Crippen molar-refractivity contribution >= 4 is 12.1 Å². The summed E-state index contributed by atoms with van der Waals surface area (Å²) in [5.41, 5.74) is 5.04. The molecule has 0 saturated carbocycles. The van der Waals surface area contributed by atoms with Gasteiger partial charge in [-0.15, -0.1) is 0 Å². The maximum Gasteiger partial charge on any atom is 0.315 e. The van der Waals surface area contributed by atoms with Gasteiger partial charge in [-0.1, -0.05) is 0 Å². The highest BCUT2D eigenvalue weighted by molar-refractivity contribution is 5.81. The molecular weight excluding hydrogens is 228 g/mol. The first-order valence-corrected chi connectivity index (χ1v) is 5.06. The molecule has 0 spiro atoms. The number of hydrogen-bond acceptors (Lipinski definition) is 6. The van der Waals surface area contributed by atoms with Crippen LogP contribution in [0.1, 0.15) is 0 Å². The van der Waals surface area contributed by atoms with Crippen LogP contribution in [-0.2, 0) is 9.53 Å². The number of carbonyl (C=O) groups excluding carboxylic acids is 1. The Labute approximate surface area is 97.9 Å². The van der Waals surface area contributed by atoms with E-state index < -0.39 is 10.7 Å². The van der Waals surface area contributed by atoms with Crippen LogP contribution in [0.2, 0.25) is 0 Å². The second kappa shape index (κ2) is 6.59. The molecule has 1 aliphatic rings. The van der Waals surface area contributed by atoms with E-state index in [-0.39, 0.29) is 12.5 Å². The molecule has 94 valence electrons. The molecule has 1 rings (SSSR count). The first-order chi connectivity index (χ1) is 8.11. The van der Waals surface area contributed by atoms with E-state index in [2.05, 4.69) is 4.99 Å². The van der Waals surface area contributed by atoms with E-state index in [1.807, 2.05) is 0 Å². The molecule has 0 atom stereocenters. The number of nitrogens with zero attached hydrogens (tertiary/aromatic N) is 3. The van der Waals surface area contributed by atoms with Crippen LogP contribution in [0.3, 0.4) is 0 Å². The minimum absolute atomic E-state index is 0.0402. The smallest absolute Gasteiger partial charge is 0.315 e. The third-order valence-electron chi connectivity index (χ3n) is 2.15. The lowest BCUT2D eigenvalue weighted by Crippen LogP contribution is -2.41. The van der Waals surface area contributed by atoms with Crippen molar-refractivity contribution in [3.05, 3.63) is 22.0 Å². The molecule has 1 saturated heterocycles. The van der Waals surface area contributed by atoms with Crippen molar-refractivity contribution in [2.75, 3.05) is 32.8 Å². The van der Waals surface area contributed by atoms with Gasteiger partial charge in [0, 0.05) is 25.4 Å². The van der Waals surface area contributed by atoms with E-state index in [1.165, 1.54) is 0 Å². The van der Waals surface area contributed by atoms with Gasteiger partial charge in [-0.05, 0) is 4.92 Å². The van der Waals surface area contributed by atoms with E-state index in [4.69, 9.17) is 10.5 Å². The number of amides is 1. The van der Waals surface area contributed by atoms with Crippen LogP contribution in [0.15, 0.2) is 16.9 Å². The van der Waals surface area contributed by atoms with Crippen LogP contribution in [0.5, 0.6) is 0 Å². The molecule has 1 amide bonds. The lowest BCUT2D eigenvalue weighted by molar-refractivity contribution is -0.426. The number of nitrogens with two attached hydrogens (primary N) is 1. The van der Waals surface area contributed by atoms with Crippen molar-refractivity contribution in [1.29, 1.82) is 0 Å². The van der Waals surface area contributed by atoms with Gasteiger partial charge in [-0.2, -0.15) is 0 Å².